The number of hydrogen-bond donors (Lipinski definition) is 2. The molecule has 98 valence electrons. The van der Waals surface area contributed by atoms with Gasteiger partial charge in [-0.3, -0.25) is 0 Å². The van der Waals surface area contributed by atoms with Crippen molar-refractivity contribution in [2.24, 2.45) is 11.8 Å². The van der Waals surface area contributed by atoms with Gasteiger partial charge in [0.25, 0.3) is 0 Å². The highest BCUT2D eigenvalue weighted by atomic mass is 16.4. The van der Waals surface area contributed by atoms with Gasteiger partial charge in [-0.15, -0.1) is 0 Å². The number of rotatable bonds is 3. The van der Waals surface area contributed by atoms with Crippen LogP contribution in [0.5, 0.6) is 0 Å². The highest BCUT2D eigenvalue weighted by Crippen LogP contribution is 2.30. The fraction of sp³-hybridized carbons (Fsp3) is 0.615. The van der Waals surface area contributed by atoms with Crippen molar-refractivity contribution >= 4 is 11.9 Å². The highest BCUT2D eigenvalue weighted by Gasteiger charge is 2.24. The molecule has 1 aliphatic carbocycles. The average Bonchev–Trinajstić information content (AvgIpc) is 2.34. The van der Waals surface area contributed by atoms with Gasteiger partial charge in [0, 0.05) is 12.2 Å². The first kappa shape index (κ1) is 12.8. The molecule has 1 aromatic heterocycles. The van der Waals surface area contributed by atoms with E-state index in [1.807, 2.05) is 0 Å². The van der Waals surface area contributed by atoms with E-state index in [4.69, 9.17) is 5.11 Å². The number of aromatic carboxylic acids is 1. The van der Waals surface area contributed by atoms with Gasteiger partial charge in [0.1, 0.15) is 0 Å². The van der Waals surface area contributed by atoms with E-state index in [0.717, 1.165) is 18.8 Å². The summed E-state index contributed by atoms with van der Waals surface area (Å²) < 4.78 is 0. The van der Waals surface area contributed by atoms with Crippen LogP contribution in [-0.4, -0.2) is 27.1 Å². The zero-order valence-corrected chi connectivity index (χ0v) is 10.8. The van der Waals surface area contributed by atoms with Crippen LogP contribution < -0.4 is 5.32 Å². The van der Waals surface area contributed by atoms with E-state index >= 15 is 0 Å². The first-order valence-electron chi connectivity index (χ1n) is 6.39. The van der Waals surface area contributed by atoms with Crippen molar-refractivity contribution in [3.63, 3.8) is 0 Å². The second kappa shape index (κ2) is 5.33. The quantitative estimate of drug-likeness (QED) is 0.860. The summed E-state index contributed by atoms with van der Waals surface area (Å²) in [5, 5.41) is 12.1. The lowest BCUT2D eigenvalue weighted by molar-refractivity contribution is 0.0690. The maximum atomic E-state index is 10.8. The number of hydrogen-bond acceptors (Lipinski definition) is 4. The van der Waals surface area contributed by atoms with Gasteiger partial charge in [-0.2, -0.15) is 0 Å². The van der Waals surface area contributed by atoms with Crippen molar-refractivity contribution in [3.05, 3.63) is 18.0 Å². The summed E-state index contributed by atoms with van der Waals surface area (Å²) in [6.45, 7) is 4.54. The zero-order chi connectivity index (χ0) is 13.1. The molecule has 0 spiro atoms. The monoisotopic (exact) mass is 249 g/mol. The molecule has 3 unspecified atom stereocenters. The molecular weight excluding hydrogens is 230 g/mol. The van der Waals surface area contributed by atoms with Crippen LogP contribution >= 0.6 is 0 Å². The second-order valence-electron chi connectivity index (χ2n) is 5.18. The van der Waals surface area contributed by atoms with Crippen LogP contribution in [0.3, 0.4) is 0 Å². The van der Waals surface area contributed by atoms with Crippen molar-refractivity contribution in [2.45, 2.75) is 39.2 Å². The van der Waals surface area contributed by atoms with Gasteiger partial charge >= 0.3 is 5.97 Å². The lowest BCUT2D eigenvalue weighted by Gasteiger charge is -2.32. The molecule has 0 amide bonds. The molecule has 0 saturated heterocycles. The summed E-state index contributed by atoms with van der Waals surface area (Å²) in [6.07, 6.45) is 4.85. The molecule has 1 fully saturated rings. The van der Waals surface area contributed by atoms with Crippen LogP contribution in [0.25, 0.3) is 0 Å². The Morgan fingerprint density at radius 3 is 2.83 bits per heavy atom. The lowest BCUT2D eigenvalue weighted by Crippen LogP contribution is -2.31. The van der Waals surface area contributed by atoms with E-state index in [0.29, 0.717) is 17.9 Å². The minimum Gasteiger partial charge on any atom is -0.477 e. The molecule has 1 aromatic rings. The Bertz CT molecular complexity index is 436. The summed E-state index contributed by atoms with van der Waals surface area (Å²) in [4.78, 5) is 18.9. The third kappa shape index (κ3) is 2.97. The molecule has 1 saturated carbocycles. The molecule has 1 aliphatic rings. The standard InChI is InChI=1S/C13H19N3O2/c1-8-3-4-10(7-9(8)2)15-13-14-6-5-11(16-13)12(17)18/h5-6,8-10H,3-4,7H2,1-2H3,(H,17,18)(H,14,15,16). The Morgan fingerprint density at radius 1 is 1.39 bits per heavy atom. The number of carboxylic acids is 1. The van der Waals surface area contributed by atoms with Gasteiger partial charge in [-0.05, 0) is 37.2 Å². The van der Waals surface area contributed by atoms with Crippen LogP contribution in [0.15, 0.2) is 12.3 Å². The molecule has 2 rings (SSSR count). The van der Waals surface area contributed by atoms with Crippen molar-refractivity contribution in [3.8, 4) is 0 Å². The molecular formula is C13H19N3O2. The molecule has 2 N–H and O–H groups in total. The van der Waals surface area contributed by atoms with Crippen LogP contribution in [-0.2, 0) is 0 Å². The predicted octanol–water partition coefficient (Wildman–Crippen LogP) is 2.41. The zero-order valence-electron chi connectivity index (χ0n) is 10.8. The van der Waals surface area contributed by atoms with Gasteiger partial charge in [-0.25, -0.2) is 14.8 Å². The second-order valence-corrected chi connectivity index (χ2v) is 5.18. The Morgan fingerprint density at radius 2 is 2.17 bits per heavy atom. The summed E-state index contributed by atoms with van der Waals surface area (Å²) >= 11 is 0. The third-order valence-corrected chi connectivity index (χ3v) is 3.81. The van der Waals surface area contributed by atoms with Crippen LogP contribution in [0.4, 0.5) is 5.95 Å². The van der Waals surface area contributed by atoms with E-state index in [1.54, 1.807) is 0 Å². The Kier molecular flexibility index (Phi) is 3.79. The van der Waals surface area contributed by atoms with E-state index in [1.165, 1.54) is 18.7 Å². The molecule has 0 radical (unpaired) electrons. The topological polar surface area (TPSA) is 75.1 Å². The lowest BCUT2D eigenvalue weighted by atomic mass is 9.79. The smallest absolute Gasteiger partial charge is 0.354 e. The Balaban J connectivity index is 2.01. The van der Waals surface area contributed by atoms with E-state index in [9.17, 15) is 4.79 Å². The highest BCUT2D eigenvalue weighted by molar-refractivity contribution is 5.85. The van der Waals surface area contributed by atoms with Gasteiger partial charge in [0.05, 0.1) is 0 Å². The number of carbonyl (C=O) groups is 1. The Hall–Kier alpha value is -1.65. The molecule has 5 nitrogen and oxygen atoms in total. The molecule has 18 heavy (non-hydrogen) atoms. The third-order valence-electron chi connectivity index (χ3n) is 3.81. The molecule has 0 aromatic carbocycles. The minimum absolute atomic E-state index is 0.0322. The summed E-state index contributed by atoms with van der Waals surface area (Å²) in [5.74, 6) is 0.834. The SMILES string of the molecule is CC1CCC(Nc2nccc(C(=O)O)n2)CC1C. The van der Waals surface area contributed by atoms with Gasteiger partial charge in [0.2, 0.25) is 5.95 Å². The van der Waals surface area contributed by atoms with Crippen LogP contribution in [0.2, 0.25) is 0 Å². The largest absolute Gasteiger partial charge is 0.477 e. The maximum Gasteiger partial charge on any atom is 0.354 e. The number of aromatic nitrogens is 2. The number of nitrogens with zero attached hydrogens (tertiary/aromatic N) is 2. The van der Waals surface area contributed by atoms with Gasteiger partial charge < -0.3 is 10.4 Å². The Labute approximate surface area is 107 Å². The van der Waals surface area contributed by atoms with Crippen LogP contribution in [0, 0.1) is 11.8 Å². The number of anilines is 1. The molecule has 0 aliphatic heterocycles. The minimum atomic E-state index is -1.02. The van der Waals surface area contributed by atoms with Gasteiger partial charge in [0.15, 0.2) is 5.69 Å². The first-order chi connectivity index (χ1) is 8.56. The first-order valence-corrected chi connectivity index (χ1v) is 6.39. The normalized spacial score (nSPS) is 27.8. The predicted molar refractivity (Wildman–Crippen MR) is 68.6 cm³/mol. The maximum absolute atomic E-state index is 10.8. The van der Waals surface area contributed by atoms with E-state index < -0.39 is 5.97 Å². The summed E-state index contributed by atoms with van der Waals surface area (Å²) in [5.41, 5.74) is 0.0322. The van der Waals surface area contributed by atoms with Crippen molar-refractivity contribution in [1.29, 1.82) is 0 Å². The van der Waals surface area contributed by atoms with Crippen LogP contribution in [0.1, 0.15) is 43.6 Å². The van der Waals surface area contributed by atoms with Gasteiger partial charge in [-0.1, -0.05) is 13.8 Å². The summed E-state index contributed by atoms with van der Waals surface area (Å²) in [7, 11) is 0. The fourth-order valence-corrected chi connectivity index (χ4v) is 2.41. The molecule has 5 heteroatoms. The summed E-state index contributed by atoms with van der Waals surface area (Å²) in [6, 6.07) is 1.75. The van der Waals surface area contributed by atoms with Crippen molar-refractivity contribution in [1.82, 2.24) is 9.97 Å². The molecule has 1 heterocycles. The molecule has 0 bridgehead atoms. The average molecular weight is 249 g/mol. The number of carboxylic acid groups (broad SMARTS) is 1. The molecule has 3 atom stereocenters. The van der Waals surface area contributed by atoms with Crippen molar-refractivity contribution < 1.29 is 9.90 Å². The number of nitrogens with one attached hydrogen (secondary N) is 1. The van der Waals surface area contributed by atoms with E-state index in [-0.39, 0.29) is 5.69 Å². The fourth-order valence-electron chi connectivity index (χ4n) is 2.41. The van der Waals surface area contributed by atoms with E-state index in [2.05, 4.69) is 29.1 Å². The van der Waals surface area contributed by atoms with Crippen molar-refractivity contribution in [2.75, 3.05) is 5.32 Å².